The molecule has 1 amide bonds. The Morgan fingerprint density at radius 3 is 2.08 bits per heavy atom. The molecule has 0 aromatic heterocycles. The van der Waals surface area contributed by atoms with E-state index in [0.717, 1.165) is 31.4 Å². The lowest BCUT2D eigenvalue weighted by Crippen LogP contribution is -2.41. The lowest BCUT2D eigenvalue weighted by Gasteiger charge is -2.20. The number of sulfone groups is 1. The number of hydrogen-bond acceptors (Lipinski definition) is 8. The first kappa shape index (κ1) is 20.9. The monoisotopic (exact) mass is 393 g/mol. The number of esters is 1. The van der Waals surface area contributed by atoms with Crippen LogP contribution in [0.4, 0.5) is 4.79 Å². The van der Waals surface area contributed by atoms with Crippen molar-refractivity contribution < 1.29 is 35.3 Å². The predicted octanol–water partition coefficient (Wildman–Crippen LogP) is 1.23. The molecule has 0 spiro atoms. The third kappa shape index (κ3) is 6.02. The average molecular weight is 393 g/mol. The molecule has 0 radical (unpaired) electrons. The van der Waals surface area contributed by atoms with E-state index in [4.69, 9.17) is 4.74 Å². The Bertz CT molecular complexity index is 895. The first-order valence-corrected chi connectivity index (χ1v) is 10.2. The molecule has 9 nitrogen and oxygen atoms in total. The number of amides is 1. The fraction of sp³-hybridized carbons (Fsp3) is 0.429. The van der Waals surface area contributed by atoms with Crippen LogP contribution in [0.25, 0.3) is 0 Å². The summed E-state index contributed by atoms with van der Waals surface area (Å²) in [5, 5.41) is 2.27. The number of benzene rings is 1. The second kappa shape index (κ2) is 7.00. The summed E-state index contributed by atoms with van der Waals surface area (Å²) in [6.07, 6.45) is -0.534. The smallest absolute Gasteiger partial charge is 0.423 e. The van der Waals surface area contributed by atoms with Gasteiger partial charge in [-0.15, -0.1) is 0 Å². The molecule has 0 saturated carbocycles. The zero-order valence-electron chi connectivity index (χ0n) is 14.3. The van der Waals surface area contributed by atoms with Crippen molar-refractivity contribution in [3.05, 3.63) is 18.2 Å². The Morgan fingerprint density at radius 1 is 1.08 bits per heavy atom. The predicted molar refractivity (Wildman–Crippen MR) is 87.4 cm³/mol. The molecule has 25 heavy (non-hydrogen) atoms. The van der Waals surface area contributed by atoms with Gasteiger partial charge in [0.1, 0.15) is 9.79 Å². The molecular formula is C14H19NO8S2. The third-order valence-corrected chi connectivity index (χ3v) is 5.04. The average Bonchev–Trinajstić information content (AvgIpc) is 2.32. The summed E-state index contributed by atoms with van der Waals surface area (Å²) >= 11 is 0. The van der Waals surface area contributed by atoms with Crippen molar-refractivity contribution in [2.45, 2.75) is 43.0 Å². The van der Waals surface area contributed by atoms with Crippen molar-refractivity contribution in [1.29, 1.82) is 0 Å². The van der Waals surface area contributed by atoms with Crippen molar-refractivity contribution in [3.8, 4) is 5.75 Å². The maximum Gasteiger partial charge on any atom is 0.423 e. The van der Waals surface area contributed by atoms with E-state index in [1.54, 1.807) is 20.8 Å². The standard InChI is InChI=1S/C14H19NO8S2/c1-9(16)22-10-7-6-8-11(12(10)24(5,18)19)25(20,21)23-13(17)15-14(2,3)4/h6-8H,1-5H3,(H,15,17). The van der Waals surface area contributed by atoms with Crippen LogP contribution in [0.2, 0.25) is 0 Å². The molecule has 0 saturated heterocycles. The van der Waals surface area contributed by atoms with E-state index in [0.29, 0.717) is 0 Å². The van der Waals surface area contributed by atoms with Crippen LogP contribution in [0.15, 0.2) is 28.0 Å². The van der Waals surface area contributed by atoms with Gasteiger partial charge in [-0.05, 0) is 32.9 Å². The van der Waals surface area contributed by atoms with E-state index in [2.05, 4.69) is 9.50 Å². The van der Waals surface area contributed by atoms with Crippen LogP contribution in [0.1, 0.15) is 27.7 Å². The highest BCUT2D eigenvalue weighted by Crippen LogP contribution is 2.32. The van der Waals surface area contributed by atoms with E-state index < -0.39 is 53.1 Å². The van der Waals surface area contributed by atoms with Gasteiger partial charge in [0.25, 0.3) is 0 Å². The van der Waals surface area contributed by atoms with E-state index in [1.807, 2.05) is 0 Å². The zero-order valence-corrected chi connectivity index (χ0v) is 15.9. The molecule has 0 heterocycles. The van der Waals surface area contributed by atoms with Gasteiger partial charge in [0, 0.05) is 18.7 Å². The number of rotatable bonds is 4. The molecule has 0 bridgehead atoms. The van der Waals surface area contributed by atoms with Crippen LogP contribution in [0.3, 0.4) is 0 Å². The second-order valence-corrected chi connectivity index (χ2v) is 9.62. The first-order valence-electron chi connectivity index (χ1n) is 6.91. The van der Waals surface area contributed by atoms with Crippen molar-refractivity contribution in [2.24, 2.45) is 0 Å². The number of carbonyl (C=O) groups excluding carboxylic acids is 2. The van der Waals surface area contributed by atoms with Crippen LogP contribution in [0, 0.1) is 0 Å². The van der Waals surface area contributed by atoms with Gasteiger partial charge < -0.3 is 14.2 Å². The van der Waals surface area contributed by atoms with Gasteiger partial charge in [-0.2, -0.15) is 8.42 Å². The van der Waals surface area contributed by atoms with Crippen molar-refractivity contribution >= 4 is 32.0 Å². The molecule has 0 atom stereocenters. The number of ether oxygens (including phenoxy) is 1. The van der Waals surface area contributed by atoms with E-state index >= 15 is 0 Å². The Kier molecular flexibility index (Phi) is 5.85. The number of carbonyl (C=O) groups is 2. The molecule has 0 aliphatic carbocycles. The van der Waals surface area contributed by atoms with Crippen LogP contribution in [-0.4, -0.2) is 40.7 Å². The van der Waals surface area contributed by atoms with Crippen molar-refractivity contribution in [1.82, 2.24) is 5.32 Å². The molecular weight excluding hydrogens is 374 g/mol. The van der Waals surface area contributed by atoms with Gasteiger partial charge in [0.15, 0.2) is 15.6 Å². The minimum atomic E-state index is -4.79. The van der Waals surface area contributed by atoms with Crippen molar-refractivity contribution in [2.75, 3.05) is 6.26 Å². The summed E-state index contributed by atoms with van der Waals surface area (Å²) in [6, 6.07) is 3.21. The normalized spacial score (nSPS) is 12.4. The lowest BCUT2D eigenvalue weighted by atomic mass is 10.1. The molecule has 1 rings (SSSR count). The molecule has 11 heteroatoms. The highest BCUT2D eigenvalue weighted by Gasteiger charge is 2.32. The second-order valence-electron chi connectivity index (χ2n) is 6.15. The quantitative estimate of drug-likeness (QED) is 0.459. The lowest BCUT2D eigenvalue weighted by molar-refractivity contribution is -0.132. The Hall–Kier alpha value is -2.14. The highest BCUT2D eigenvalue weighted by atomic mass is 32.2. The van der Waals surface area contributed by atoms with Crippen molar-refractivity contribution in [3.63, 3.8) is 0 Å². The van der Waals surface area contributed by atoms with Gasteiger partial charge in [0.2, 0.25) is 0 Å². The summed E-state index contributed by atoms with van der Waals surface area (Å²) < 4.78 is 57.9. The Balaban J connectivity index is 3.45. The molecule has 0 unspecified atom stereocenters. The third-order valence-electron chi connectivity index (χ3n) is 2.50. The molecule has 0 aliphatic heterocycles. The van der Waals surface area contributed by atoms with Crippen LogP contribution in [-0.2, 0) is 28.9 Å². The summed E-state index contributed by atoms with van der Waals surface area (Å²) in [7, 11) is -8.92. The van der Waals surface area contributed by atoms with Gasteiger partial charge in [-0.1, -0.05) is 6.07 Å². The fourth-order valence-electron chi connectivity index (χ4n) is 1.76. The molecule has 1 aromatic carbocycles. The number of nitrogens with one attached hydrogen (secondary N) is 1. The van der Waals surface area contributed by atoms with Gasteiger partial charge in [-0.25, -0.2) is 13.2 Å². The zero-order chi connectivity index (χ0) is 19.6. The van der Waals surface area contributed by atoms with Gasteiger partial charge >= 0.3 is 22.2 Å². The SMILES string of the molecule is CC(=O)Oc1cccc(S(=O)(=O)OC(=O)NC(C)(C)C)c1S(C)(=O)=O. The Morgan fingerprint density at radius 2 is 1.64 bits per heavy atom. The number of hydrogen-bond donors (Lipinski definition) is 1. The Labute approximate surface area is 146 Å². The maximum atomic E-state index is 12.3. The largest absolute Gasteiger partial charge is 0.425 e. The van der Waals surface area contributed by atoms with E-state index in [9.17, 15) is 26.4 Å². The van der Waals surface area contributed by atoms with Gasteiger partial charge in [0.05, 0.1) is 0 Å². The summed E-state index contributed by atoms with van der Waals surface area (Å²) in [5.41, 5.74) is -0.772. The first-order chi connectivity index (χ1) is 11.1. The minimum absolute atomic E-state index is 0.476. The topological polar surface area (TPSA) is 133 Å². The minimum Gasteiger partial charge on any atom is -0.425 e. The molecule has 0 aliphatic rings. The molecule has 140 valence electrons. The maximum absolute atomic E-state index is 12.3. The molecule has 0 fully saturated rings. The van der Waals surface area contributed by atoms with E-state index in [1.165, 1.54) is 0 Å². The summed E-state index contributed by atoms with van der Waals surface area (Å²) in [4.78, 5) is 21.3. The molecule has 1 N–H and O–H groups in total. The van der Waals surface area contributed by atoms with Crippen LogP contribution in [0.5, 0.6) is 5.75 Å². The molecule has 1 aromatic rings. The summed E-state index contributed by atoms with van der Waals surface area (Å²) in [6.45, 7) is 5.83. The fourth-order valence-corrected chi connectivity index (χ4v) is 4.34. The van der Waals surface area contributed by atoms with Gasteiger partial charge in [-0.3, -0.25) is 4.79 Å². The van der Waals surface area contributed by atoms with E-state index in [-0.39, 0.29) is 0 Å². The highest BCUT2D eigenvalue weighted by molar-refractivity contribution is 7.92. The summed E-state index contributed by atoms with van der Waals surface area (Å²) in [5.74, 6) is -1.32. The van der Waals surface area contributed by atoms with Crippen LogP contribution >= 0.6 is 0 Å². The van der Waals surface area contributed by atoms with Crippen LogP contribution < -0.4 is 10.1 Å².